The van der Waals surface area contributed by atoms with Crippen LogP contribution in [-0.2, 0) is 14.6 Å². The Hall–Kier alpha value is -1.18. The number of nitrogen functional groups attached to an aromatic ring is 1. The van der Waals surface area contributed by atoms with Gasteiger partial charge in [0.2, 0.25) is 14.2 Å². The minimum absolute atomic E-state index is 0.194. The van der Waals surface area contributed by atoms with Crippen LogP contribution in [0.5, 0.6) is 0 Å². The van der Waals surface area contributed by atoms with Crippen molar-refractivity contribution in [2.45, 2.75) is 22.4 Å². The molecule has 0 unspecified atom stereocenters. The fourth-order valence-electron chi connectivity index (χ4n) is 2.17. The Morgan fingerprint density at radius 3 is 2.79 bits per heavy atom. The number of nitrogens with zero attached hydrogens (tertiary/aromatic N) is 1. The number of aromatic nitrogens is 1. The van der Waals surface area contributed by atoms with Gasteiger partial charge < -0.3 is 10.5 Å². The monoisotopic (exact) mass is 298 g/mol. The first-order valence-corrected chi connectivity index (χ1v) is 8.41. The van der Waals surface area contributed by atoms with Gasteiger partial charge in [-0.15, -0.1) is 11.3 Å². The molecule has 2 aromatic rings. The van der Waals surface area contributed by atoms with Crippen LogP contribution in [0.4, 0.5) is 5.69 Å². The molecular weight excluding hydrogens is 284 g/mol. The first-order valence-electron chi connectivity index (χ1n) is 6.05. The molecule has 3 rings (SSSR count). The van der Waals surface area contributed by atoms with Gasteiger partial charge >= 0.3 is 0 Å². The highest BCUT2D eigenvalue weighted by Gasteiger charge is 2.32. The highest BCUT2D eigenvalue weighted by atomic mass is 32.2. The van der Waals surface area contributed by atoms with Crippen molar-refractivity contribution in [1.82, 2.24) is 4.98 Å². The standard InChI is InChI=1S/C12H14N2O3S2/c13-8-1-2-10-11(7-8)18-12(14-10)19(15,16)9-3-5-17-6-4-9/h1-2,7,9H,3-6,13H2. The number of ether oxygens (including phenoxy) is 1. The maximum absolute atomic E-state index is 12.5. The summed E-state index contributed by atoms with van der Waals surface area (Å²) in [6.45, 7) is 1.00. The zero-order valence-corrected chi connectivity index (χ0v) is 11.8. The van der Waals surface area contributed by atoms with Gasteiger partial charge in [0.25, 0.3) is 0 Å². The van der Waals surface area contributed by atoms with Crippen LogP contribution in [0.2, 0.25) is 0 Å². The van der Waals surface area contributed by atoms with Crippen LogP contribution >= 0.6 is 11.3 Å². The second-order valence-corrected chi connectivity index (χ2v) is 8.00. The average molecular weight is 298 g/mol. The lowest BCUT2D eigenvalue weighted by atomic mass is 10.2. The zero-order chi connectivity index (χ0) is 13.5. The number of anilines is 1. The van der Waals surface area contributed by atoms with E-state index in [1.54, 1.807) is 18.2 Å². The summed E-state index contributed by atoms with van der Waals surface area (Å²) < 4.78 is 31.2. The molecule has 1 saturated heterocycles. The van der Waals surface area contributed by atoms with Gasteiger partial charge in [-0.3, -0.25) is 0 Å². The minimum atomic E-state index is -3.35. The Labute approximate surface area is 115 Å². The smallest absolute Gasteiger partial charge is 0.210 e. The third-order valence-electron chi connectivity index (χ3n) is 3.24. The molecule has 1 aliphatic rings. The molecule has 0 atom stereocenters. The van der Waals surface area contributed by atoms with Gasteiger partial charge in [0.15, 0.2) is 0 Å². The summed E-state index contributed by atoms with van der Waals surface area (Å²) in [4.78, 5) is 4.23. The van der Waals surface area contributed by atoms with Crippen molar-refractivity contribution < 1.29 is 13.2 Å². The summed E-state index contributed by atoms with van der Waals surface area (Å²) in [5.41, 5.74) is 7.00. The lowest BCUT2D eigenvalue weighted by Gasteiger charge is -2.20. The number of hydrogen-bond acceptors (Lipinski definition) is 6. The van der Waals surface area contributed by atoms with Crippen molar-refractivity contribution in [2.24, 2.45) is 0 Å². The SMILES string of the molecule is Nc1ccc2nc(S(=O)(=O)C3CCOCC3)sc2c1. The first-order chi connectivity index (χ1) is 9.07. The van der Waals surface area contributed by atoms with Crippen LogP contribution in [0, 0.1) is 0 Å². The number of benzene rings is 1. The lowest BCUT2D eigenvalue weighted by molar-refractivity contribution is 0.0983. The van der Waals surface area contributed by atoms with Gasteiger partial charge in [0.05, 0.1) is 15.5 Å². The quantitative estimate of drug-likeness (QED) is 0.855. The highest BCUT2D eigenvalue weighted by molar-refractivity contribution is 7.94. The predicted octanol–water partition coefficient (Wildman–Crippen LogP) is 1.83. The van der Waals surface area contributed by atoms with E-state index in [4.69, 9.17) is 10.5 Å². The number of sulfone groups is 1. The summed E-state index contributed by atoms with van der Waals surface area (Å²) in [5.74, 6) is 0. The number of rotatable bonds is 2. The van der Waals surface area contributed by atoms with Crippen LogP contribution in [0.3, 0.4) is 0 Å². The van der Waals surface area contributed by atoms with E-state index in [0.717, 1.165) is 4.70 Å². The summed E-state index contributed by atoms with van der Waals surface area (Å²) in [6.07, 6.45) is 1.08. The summed E-state index contributed by atoms with van der Waals surface area (Å²) in [6, 6.07) is 5.24. The lowest BCUT2D eigenvalue weighted by Crippen LogP contribution is -2.28. The maximum Gasteiger partial charge on any atom is 0.210 e. The van der Waals surface area contributed by atoms with Gasteiger partial charge in [-0.2, -0.15) is 0 Å². The molecular formula is C12H14N2O3S2. The molecule has 102 valence electrons. The Balaban J connectivity index is 2.02. The van der Waals surface area contributed by atoms with Crippen LogP contribution in [0.15, 0.2) is 22.5 Å². The summed E-state index contributed by atoms with van der Waals surface area (Å²) >= 11 is 1.19. The third-order valence-corrected chi connectivity index (χ3v) is 6.93. The van der Waals surface area contributed by atoms with Crippen molar-refractivity contribution >= 4 is 37.1 Å². The maximum atomic E-state index is 12.5. The van der Waals surface area contributed by atoms with Gasteiger partial charge in [-0.1, -0.05) is 0 Å². The van der Waals surface area contributed by atoms with Gasteiger partial charge in [0.1, 0.15) is 0 Å². The third kappa shape index (κ3) is 2.33. The Bertz CT molecular complexity index is 703. The molecule has 7 heteroatoms. The second kappa shape index (κ2) is 4.73. The molecule has 0 bridgehead atoms. The molecule has 2 N–H and O–H groups in total. The van der Waals surface area contributed by atoms with Crippen molar-refractivity contribution in [2.75, 3.05) is 18.9 Å². The largest absolute Gasteiger partial charge is 0.399 e. The molecule has 1 aliphatic heterocycles. The average Bonchev–Trinajstić information content (AvgIpc) is 2.83. The molecule has 2 heterocycles. The van der Waals surface area contributed by atoms with Crippen LogP contribution in [0.1, 0.15) is 12.8 Å². The van der Waals surface area contributed by atoms with Crippen LogP contribution in [0.25, 0.3) is 10.2 Å². The Morgan fingerprint density at radius 2 is 2.05 bits per heavy atom. The van der Waals surface area contributed by atoms with E-state index >= 15 is 0 Å². The summed E-state index contributed by atoms with van der Waals surface area (Å²) in [7, 11) is -3.35. The molecule has 0 spiro atoms. The van der Waals surface area contributed by atoms with Crippen molar-refractivity contribution in [3.63, 3.8) is 0 Å². The number of thiazole rings is 1. The molecule has 0 amide bonds. The highest BCUT2D eigenvalue weighted by Crippen LogP contribution is 2.31. The normalized spacial score (nSPS) is 17.9. The molecule has 0 saturated carbocycles. The van der Waals surface area contributed by atoms with Crippen molar-refractivity contribution in [3.8, 4) is 0 Å². The Kier molecular flexibility index (Phi) is 3.20. The van der Waals surface area contributed by atoms with Crippen LogP contribution < -0.4 is 5.73 Å². The predicted molar refractivity (Wildman–Crippen MR) is 75.1 cm³/mol. The molecule has 5 nitrogen and oxygen atoms in total. The van der Waals surface area contributed by atoms with Crippen LogP contribution in [-0.4, -0.2) is 31.9 Å². The first kappa shape index (κ1) is 12.8. The molecule has 1 aromatic heterocycles. The topological polar surface area (TPSA) is 82.3 Å². The zero-order valence-electron chi connectivity index (χ0n) is 10.2. The van der Waals surface area contributed by atoms with Gasteiger partial charge in [0, 0.05) is 18.9 Å². The summed E-state index contributed by atoms with van der Waals surface area (Å²) in [5, 5.41) is -0.376. The van der Waals surface area contributed by atoms with Crippen molar-refractivity contribution in [1.29, 1.82) is 0 Å². The van der Waals surface area contributed by atoms with Crippen molar-refractivity contribution in [3.05, 3.63) is 18.2 Å². The van der Waals surface area contributed by atoms with E-state index < -0.39 is 9.84 Å². The minimum Gasteiger partial charge on any atom is -0.399 e. The molecule has 19 heavy (non-hydrogen) atoms. The van der Waals surface area contributed by atoms with E-state index in [-0.39, 0.29) is 9.59 Å². The number of hydrogen-bond donors (Lipinski definition) is 1. The van der Waals surface area contributed by atoms with E-state index in [1.165, 1.54) is 11.3 Å². The Morgan fingerprint density at radius 1 is 1.32 bits per heavy atom. The molecule has 1 fully saturated rings. The number of nitrogens with two attached hydrogens (primary N) is 1. The molecule has 1 aromatic carbocycles. The van der Waals surface area contributed by atoms with E-state index in [1.807, 2.05) is 0 Å². The molecule has 0 aliphatic carbocycles. The van der Waals surface area contributed by atoms with E-state index in [9.17, 15) is 8.42 Å². The van der Waals surface area contributed by atoms with Gasteiger partial charge in [-0.05, 0) is 31.0 Å². The van der Waals surface area contributed by atoms with E-state index in [2.05, 4.69) is 4.98 Å². The van der Waals surface area contributed by atoms with E-state index in [0.29, 0.717) is 37.3 Å². The second-order valence-electron chi connectivity index (χ2n) is 4.56. The number of fused-ring (bicyclic) bond motifs is 1. The van der Waals surface area contributed by atoms with Gasteiger partial charge in [-0.25, -0.2) is 13.4 Å². The fraction of sp³-hybridized carbons (Fsp3) is 0.417. The molecule has 0 radical (unpaired) electrons. The fourth-order valence-corrected chi connectivity index (χ4v) is 5.38.